The van der Waals surface area contributed by atoms with E-state index < -0.39 is 34.3 Å². The van der Waals surface area contributed by atoms with Crippen LogP contribution in [0, 0.1) is 5.82 Å². The number of halogens is 1. The molecule has 11 heteroatoms. The monoisotopic (exact) mass is 523 g/mol. The van der Waals surface area contributed by atoms with Gasteiger partial charge in [0.05, 0.1) is 26.2 Å². The SMILES string of the molecule is CCC(C)NC(=O)C(C)N(Cc1ccc(F)cc1)C(=O)CN(c1ccc(OC)cc1OC)S(C)(=O)=O. The van der Waals surface area contributed by atoms with Gasteiger partial charge >= 0.3 is 0 Å². The fraction of sp³-hybridized carbons (Fsp3) is 0.440. The minimum atomic E-state index is -3.93. The van der Waals surface area contributed by atoms with Crippen molar-refractivity contribution in [3.63, 3.8) is 0 Å². The zero-order chi connectivity index (χ0) is 27.0. The highest BCUT2D eigenvalue weighted by Crippen LogP contribution is 2.33. The third-order valence-electron chi connectivity index (χ3n) is 5.77. The maximum Gasteiger partial charge on any atom is 0.244 e. The van der Waals surface area contributed by atoms with Gasteiger partial charge < -0.3 is 19.7 Å². The first-order valence-corrected chi connectivity index (χ1v) is 13.3. The van der Waals surface area contributed by atoms with Gasteiger partial charge in [-0.3, -0.25) is 13.9 Å². The lowest BCUT2D eigenvalue weighted by atomic mass is 10.1. The number of amides is 2. The molecule has 0 aliphatic rings. The van der Waals surface area contributed by atoms with Gasteiger partial charge in [-0.1, -0.05) is 19.1 Å². The second-order valence-corrected chi connectivity index (χ2v) is 10.4. The summed E-state index contributed by atoms with van der Waals surface area (Å²) in [7, 11) is -1.09. The van der Waals surface area contributed by atoms with E-state index in [-0.39, 0.29) is 29.9 Å². The fourth-order valence-electron chi connectivity index (χ4n) is 3.42. The van der Waals surface area contributed by atoms with E-state index in [1.807, 2.05) is 13.8 Å². The van der Waals surface area contributed by atoms with Crippen LogP contribution in [0.5, 0.6) is 11.5 Å². The van der Waals surface area contributed by atoms with E-state index in [0.717, 1.165) is 10.6 Å². The number of ether oxygens (including phenoxy) is 2. The number of hydrogen-bond acceptors (Lipinski definition) is 6. The van der Waals surface area contributed by atoms with Crippen molar-refractivity contribution < 1.29 is 31.9 Å². The molecule has 2 amide bonds. The number of nitrogens with one attached hydrogen (secondary N) is 1. The predicted molar refractivity (Wildman–Crippen MR) is 136 cm³/mol. The first kappa shape index (κ1) is 28.9. The van der Waals surface area contributed by atoms with Crippen LogP contribution in [0.25, 0.3) is 0 Å². The van der Waals surface area contributed by atoms with Gasteiger partial charge in [-0.2, -0.15) is 0 Å². The standard InChI is InChI=1S/C25H34FN3O6S/c1-7-17(2)27-25(31)18(3)28(15-19-8-10-20(26)11-9-19)24(30)16-29(36(6,32)33)22-13-12-21(34-4)14-23(22)35-5/h8-14,17-18H,7,15-16H2,1-6H3,(H,27,31). The molecule has 0 aliphatic heterocycles. The van der Waals surface area contributed by atoms with Crippen molar-refractivity contribution >= 4 is 27.5 Å². The first-order valence-electron chi connectivity index (χ1n) is 11.4. The molecule has 2 rings (SSSR count). The molecule has 0 aromatic heterocycles. The van der Waals surface area contributed by atoms with Crippen LogP contribution in [-0.4, -0.2) is 64.2 Å². The molecule has 0 spiro atoms. The van der Waals surface area contributed by atoms with Crippen LogP contribution in [0.1, 0.15) is 32.8 Å². The van der Waals surface area contributed by atoms with E-state index in [4.69, 9.17) is 9.47 Å². The van der Waals surface area contributed by atoms with E-state index >= 15 is 0 Å². The van der Waals surface area contributed by atoms with Gasteiger partial charge in [0, 0.05) is 18.7 Å². The van der Waals surface area contributed by atoms with E-state index in [2.05, 4.69) is 5.32 Å². The highest BCUT2D eigenvalue weighted by Gasteiger charge is 2.31. The predicted octanol–water partition coefficient (Wildman–Crippen LogP) is 2.94. The largest absolute Gasteiger partial charge is 0.497 e. The third-order valence-corrected chi connectivity index (χ3v) is 6.90. The molecule has 2 aromatic rings. The topological polar surface area (TPSA) is 105 Å². The molecular weight excluding hydrogens is 489 g/mol. The quantitative estimate of drug-likeness (QED) is 0.459. The van der Waals surface area contributed by atoms with Crippen LogP contribution in [-0.2, 0) is 26.2 Å². The molecule has 0 aliphatic carbocycles. The highest BCUT2D eigenvalue weighted by atomic mass is 32.2. The van der Waals surface area contributed by atoms with E-state index in [9.17, 15) is 22.4 Å². The molecule has 0 saturated heterocycles. The van der Waals surface area contributed by atoms with Gasteiger partial charge in [-0.05, 0) is 50.1 Å². The first-order chi connectivity index (χ1) is 16.9. The van der Waals surface area contributed by atoms with Crippen molar-refractivity contribution in [2.45, 2.75) is 45.8 Å². The zero-order valence-electron chi connectivity index (χ0n) is 21.4. The Morgan fingerprint density at radius 1 is 1.06 bits per heavy atom. The average molecular weight is 524 g/mol. The lowest BCUT2D eigenvalue weighted by molar-refractivity contribution is -0.139. The summed E-state index contributed by atoms with van der Waals surface area (Å²) in [6, 6.07) is 9.05. The number of carbonyl (C=O) groups excluding carboxylic acids is 2. The Morgan fingerprint density at radius 3 is 2.22 bits per heavy atom. The summed E-state index contributed by atoms with van der Waals surface area (Å²) in [5.41, 5.74) is 0.730. The van der Waals surface area contributed by atoms with Gasteiger partial charge in [0.25, 0.3) is 0 Å². The highest BCUT2D eigenvalue weighted by molar-refractivity contribution is 7.92. The maximum absolute atomic E-state index is 13.6. The van der Waals surface area contributed by atoms with Crippen LogP contribution >= 0.6 is 0 Å². The molecular formula is C25H34FN3O6S. The van der Waals surface area contributed by atoms with E-state index in [1.165, 1.54) is 55.5 Å². The third kappa shape index (κ3) is 7.58. The van der Waals surface area contributed by atoms with E-state index in [1.54, 1.807) is 13.0 Å². The number of hydrogen-bond donors (Lipinski definition) is 1. The molecule has 0 heterocycles. The fourth-order valence-corrected chi connectivity index (χ4v) is 4.27. The molecule has 9 nitrogen and oxygen atoms in total. The minimum absolute atomic E-state index is 0.0223. The lowest BCUT2D eigenvalue weighted by Crippen LogP contribution is -2.52. The second-order valence-electron chi connectivity index (χ2n) is 8.45. The Kier molecular flexibility index (Phi) is 10.1. The van der Waals surface area contributed by atoms with Gasteiger partial charge in [-0.25, -0.2) is 12.8 Å². The summed E-state index contributed by atoms with van der Waals surface area (Å²) in [6.45, 7) is 4.73. The van der Waals surface area contributed by atoms with Crippen molar-refractivity contribution in [1.82, 2.24) is 10.2 Å². The van der Waals surface area contributed by atoms with Gasteiger partial charge in [0.1, 0.15) is 29.9 Å². The zero-order valence-corrected chi connectivity index (χ0v) is 22.3. The van der Waals surface area contributed by atoms with Crippen molar-refractivity contribution in [2.24, 2.45) is 0 Å². The summed E-state index contributed by atoms with van der Waals surface area (Å²) in [5.74, 6) is -0.792. The van der Waals surface area contributed by atoms with Crippen LogP contribution in [0.4, 0.5) is 10.1 Å². The molecule has 0 radical (unpaired) electrons. The number of nitrogens with zero attached hydrogens (tertiary/aromatic N) is 2. The van der Waals surface area contributed by atoms with Crippen LogP contribution in [0.15, 0.2) is 42.5 Å². The smallest absolute Gasteiger partial charge is 0.244 e. The molecule has 0 bridgehead atoms. The van der Waals surface area contributed by atoms with Crippen molar-refractivity contribution in [3.8, 4) is 11.5 Å². The number of sulfonamides is 1. The molecule has 198 valence electrons. The Bertz CT molecular complexity index is 1160. The normalized spacial score (nSPS) is 12.9. The molecule has 0 saturated carbocycles. The number of methoxy groups -OCH3 is 2. The maximum atomic E-state index is 13.6. The summed E-state index contributed by atoms with van der Waals surface area (Å²) in [5, 5.41) is 2.85. The average Bonchev–Trinajstić information content (AvgIpc) is 2.85. The Balaban J connectivity index is 2.45. The van der Waals surface area contributed by atoms with Crippen molar-refractivity contribution in [1.29, 1.82) is 0 Å². The summed E-state index contributed by atoms with van der Waals surface area (Å²) in [4.78, 5) is 27.7. The minimum Gasteiger partial charge on any atom is -0.497 e. The Hall–Kier alpha value is -3.34. The summed E-state index contributed by atoms with van der Waals surface area (Å²) < 4.78 is 50.4. The summed E-state index contributed by atoms with van der Waals surface area (Å²) in [6.07, 6.45) is 1.68. The van der Waals surface area contributed by atoms with E-state index in [0.29, 0.717) is 17.7 Å². The molecule has 2 aromatic carbocycles. The van der Waals surface area contributed by atoms with Crippen LogP contribution in [0.2, 0.25) is 0 Å². The molecule has 0 fully saturated rings. The summed E-state index contributed by atoms with van der Waals surface area (Å²) >= 11 is 0. The lowest BCUT2D eigenvalue weighted by Gasteiger charge is -2.32. The number of carbonyl (C=O) groups is 2. The van der Waals surface area contributed by atoms with Crippen molar-refractivity contribution in [2.75, 3.05) is 31.3 Å². The Morgan fingerprint density at radius 2 is 1.69 bits per heavy atom. The second kappa shape index (κ2) is 12.6. The van der Waals surface area contributed by atoms with Gasteiger partial charge in [0.15, 0.2) is 0 Å². The molecule has 1 N–H and O–H groups in total. The number of rotatable bonds is 12. The van der Waals surface area contributed by atoms with Gasteiger partial charge in [-0.15, -0.1) is 0 Å². The van der Waals surface area contributed by atoms with Gasteiger partial charge in [0.2, 0.25) is 21.8 Å². The molecule has 36 heavy (non-hydrogen) atoms. The van der Waals surface area contributed by atoms with Crippen LogP contribution < -0.4 is 19.1 Å². The number of benzene rings is 2. The van der Waals surface area contributed by atoms with Crippen LogP contribution in [0.3, 0.4) is 0 Å². The molecule has 2 unspecified atom stereocenters. The van der Waals surface area contributed by atoms with Crippen molar-refractivity contribution in [3.05, 3.63) is 53.8 Å². The number of anilines is 1. The molecule has 2 atom stereocenters. The Labute approximate surface area is 212 Å².